The second kappa shape index (κ2) is 9.28. The van der Waals surface area contributed by atoms with Crippen LogP contribution in [0.2, 0.25) is 0 Å². The number of hydrogen-bond acceptors (Lipinski definition) is 8. The zero-order valence-corrected chi connectivity index (χ0v) is 18.6. The molecule has 2 aromatic heterocycles. The van der Waals surface area contributed by atoms with E-state index in [9.17, 15) is 20.0 Å². The molecule has 32 heavy (non-hydrogen) atoms. The number of nitrogens with zero attached hydrogens (tertiary/aromatic N) is 5. The van der Waals surface area contributed by atoms with Crippen molar-refractivity contribution >= 4 is 23.3 Å². The molecule has 0 spiro atoms. The highest BCUT2D eigenvalue weighted by molar-refractivity contribution is 5.92. The van der Waals surface area contributed by atoms with E-state index in [4.69, 9.17) is 0 Å². The van der Waals surface area contributed by atoms with E-state index in [1.54, 1.807) is 27.1 Å². The molecule has 3 rings (SSSR count). The third kappa shape index (κ3) is 5.18. The number of carbonyl (C=O) groups excluding carboxylic acids is 2. The summed E-state index contributed by atoms with van der Waals surface area (Å²) in [6, 6.07) is 3.24. The lowest BCUT2D eigenvalue weighted by molar-refractivity contribution is -0.133. The SMILES string of the molecule is CCC(Nc1cc(-c2cnc(NC(=O)C3CC(C)(O)C3)cn2)cnc1C#N)C(=O)N(C)C. The van der Waals surface area contributed by atoms with Crippen LogP contribution in [0.4, 0.5) is 11.5 Å². The number of aliphatic hydroxyl groups is 1. The fraction of sp³-hybridized carbons (Fsp3) is 0.455. The van der Waals surface area contributed by atoms with Gasteiger partial charge < -0.3 is 20.6 Å². The van der Waals surface area contributed by atoms with Crippen LogP contribution in [0.3, 0.4) is 0 Å². The summed E-state index contributed by atoms with van der Waals surface area (Å²) in [4.78, 5) is 38.8. The molecular formula is C22H27N7O3. The molecule has 10 nitrogen and oxygen atoms in total. The molecule has 1 saturated carbocycles. The first kappa shape index (κ1) is 23.1. The summed E-state index contributed by atoms with van der Waals surface area (Å²) < 4.78 is 0. The number of anilines is 2. The highest BCUT2D eigenvalue weighted by Gasteiger charge is 2.42. The summed E-state index contributed by atoms with van der Waals surface area (Å²) in [6.45, 7) is 3.59. The number of amides is 2. The quantitative estimate of drug-likeness (QED) is 0.595. The molecule has 0 saturated heterocycles. The maximum absolute atomic E-state index is 12.4. The van der Waals surface area contributed by atoms with Crippen molar-refractivity contribution in [3.05, 3.63) is 30.4 Å². The van der Waals surface area contributed by atoms with Crippen molar-refractivity contribution in [2.75, 3.05) is 24.7 Å². The van der Waals surface area contributed by atoms with Gasteiger partial charge >= 0.3 is 0 Å². The lowest BCUT2D eigenvalue weighted by atomic mass is 9.72. The summed E-state index contributed by atoms with van der Waals surface area (Å²) in [5.41, 5.74) is 0.940. The zero-order chi connectivity index (χ0) is 23.5. The molecule has 1 fully saturated rings. The highest BCUT2D eigenvalue weighted by atomic mass is 16.3. The zero-order valence-electron chi connectivity index (χ0n) is 18.6. The Morgan fingerprint density at radius 1 is 1.28 bits per heavy atom. The molecular weight excluding hydrogens is 410 g/mol. The lowest BCUT2D eigenvalue weighted by Gasteiger charge is -2.39. The van der Waals surface area contributed by atoms with Crippen LogP contribution in [0, 0.1) is 17.2 Å². The lowest BCUT2D eigenvalue weighted by Crippen LogP contribution is -2.46. The Kier molecular flexibility index (Phi) is 6.69. The summed E-state index contributed by atoms with van der Waals surface area (Å²) in [5, 5.41) is 25.0. The number of pyridine rings is 1. The molecule has 168 valence electrons. The maximum Gasteiger partial charge on any atom is 0.244 e. The van der Waals surface area contributed by atoms with Crippen LogP contribution in [-0.2, 0) is 9.59 Å². The van der Waals surface area contributed by atoms with E-state index in [1.165, 1.54) is 23.5 Å². The number of aromatic nitrogens is 3. The van der Waals surface area contributed by atoms with E-state index in [0.29, 0.717) is 42.0 Å². The minimum Gasteiger partial charge on any atom is -0.390 e. The molecule has 0 aliphatic heterocycles. The third-order valence-corrected chi connectivity index (χ3v) is 5.41. The molecule has 0 bridgehead atoms. The first-order valence-corrected chi connectivity index (χ1v) is 10.4. The van der Waals surface area contributed by atoms with Crippen molar-refractivity contribution in [1.82, 2.24) is 19.9 Å². The van der Waals surface area contributed by atoms with Crippen LogP contribution in [0.5, 0.6) is 0 Å². The summed E-state index contributed by atoms with van der Waals surface area (Å²) in [5.74, 6) is -0.219. The number of likely N-dealkylation sites (N-methyl/N-ethyl adjacent to an activating group) is 1. The second-order valence-electron chi connectivity index (χ2n) is 8.45. The van der Waals surface area contributed by atoms with Crippen molar-refractivity contribution in [1.29, 1.82) is 5.26 Å². The third-order valence-electron chi connectivity index (χ3n) is 5.41. The average molecular weight is 438 g/mol. The van der Waals surface area contributed by atoms with Crippen LogP contribution in [0.15, 0.2) is 24.7 Å². The van der Waals surface area contributed by atoms with E-state index < -0.39 is 11.6 Å². The van der Waals surface area contributed by atoms with Crippen LogP contribution < -0.4 is 10.6 Å². The largest absolute Gasteiger partial charge is 0.390 e. The Hall–Kier alpha value is -3.58. The second-order valence-corrected chi connectivity index (χ2v) is 8.45. The van der Waals surface area contributed by atoms with Crippen molar-refractivity contribution in [3.8, 4) is 17.3 Å². The Morgan fingerprint density at radius 2 is 2.00 bits per heavy atom. The molecule has 1 aliphatic carbocycles. The smallest absolute Gasteiger partial charge is 0.244 e. The van der Waals surface area contributed by atoms with E-state index in [0.717, 1.165) is 0 Å². The summed E-state index contributed by atoms with van der Waals surface area (Å²) in [6.07, 6.45) is 5.84. The Morgan fingerprint density at radius 3 is 2.53 bits per heavy atom. The van der Waals surface area contributed by atoms with Crippen LogP contribution in [0.1, 0.15) is 38.8 Å². The number of nitrogens with one attached hydrogen (secondary N) is 2. The number of carbonyl (C=O) groups is 2. The van der Waals surface area contributed by atoms with Crippen molar-refractivity contribution < 1.29 is 14.7 Å². The number of nitriles is 1. The molecule has 1 unspecified atom stereocenters. The molecule has 2 heterocycles. The van der Waals surface area contributed by atoms with E-state index in [-0.39, 0.29) is 23.4 Å². The van der Waals surface area contributed by atoms with E-state index in [2.05, 4.69) is 25.6 Å². The first-order chi connectivity index (χ1) is 15.1. The van der Waals surface area contributed by atoms with Crippen LogP contribution in [-0.4, -0.2) is 62.5 Å². The minimum atomic E-state index is -0.778. The van der Waals surface area contributed by atoms with Gasteiger partial charge in [-0.25, -0.2) is 9.97 Å². The molecule has 3 N–H and O–H groups in total. The van der Waals surface area contributed by atoms with Crippen LogP contribution in [0.25, 0.3) is 11.3 Å². The summed E-state index contributed by atoms with van der Waals surface area (Å²) in [7, 11) is 3.35. The normalized spacial score (nSPS) is 20.4. The molecule has 1 aliphatic rings. The Bertz CT molecular complexity index is 1040. The molecule has 2 aromatic rings. The average Bonchev–Trinajstić information content (AvgIpc) is 2.75. The minimum absolute atomic E-state index is 0.102. The van der Waals surface area contributed by atoms with Gasteiger partial charge in [0.05, 0.1) is 29.4 Å². The van der Waals surface area contributed by atoms with Crippen molar-refractivity contribution in [2.24, 2.45) is 5.92 Å². The van der Waals surface area contributed by atoms with Crippen LogP contribution >= 0.6 is 0 Å². The predicted octanol–water partition coefficient (Wildman–Crippen LogP) is 1.79. The molecule has 10 heteroatoms. The van der Waals surface area contributed by atoms with Gasteiger partial charge in [0, 0.05) is 31.8 Å². The fourth-order valence-corrected chi connectivity index (χ4v) is 3.60. The van der Waals surface area contributed by atoms with Gasteiger partial charge in [-0.05, 0) is 32.3 Å². The molecule has 2 amide bonds. The van der Waals surface area contributed by atoms with Gasteiger partial charge in [-0.1, -0.05) is 6.92 Å². The first-order valence-electron chi connectivity index (χ1n) is 10.4. The van der Waals surface area contributed by atoms with Crippen molar-refractivity contribution in [3.63, 3.8) is 0 Å². The Labute approximate surface area is 186 Å². The maximum atomic E-state index is 12.4. The van der Waals surface area contributed by atoms with Crippen molar-refractivity contribution in [2.45, 2.75) is 44.8 Å². The topological polar surface area (TPSA) is 144 Å². The number of rotatable bonds is 7. The van der Waals surface area contributed by atoms with E-state index >= 15 is 0 Å². The predicted molar refractivity (Wildman–Crippen MR) is 118 cm³/mol. The molecule has 1 atom stereocenters. The van der Waals surface area contributed by atoms with Gasteiger partial charge in [0.1, 0.15) is 12.1 Å². The van der Waals surface area contributed by atoms with Gasteiger partial charge in [-0.2, -0.15) is 5.26 Å². The van der Waals surface area contributed by atoms with Gasteiger partial charge in [-0.15, -0.1) is 0 Å². The molecule has 0 radical (unpaired) electrons. The highest BCUT2D eigenvalue weighted by Crippen LogP contribution is 2.37. The van der Waals surface area contributed by atoms with E-state index in [1.807, 2.05) is 13.0 Å². The monoisotopic (exact) mass is 437 g/mol. The number of hydrogen-bond donors (Lipinski definition) is 3. The van der Waals surface area contributed by atoms with Gasteiger partial charge in [0.25, 0.3) is 0 Å². The van der Waals surface area contributed by atoms with Gasteiger partial charge in [0.2, 0.25) is 11.8 Å². The Balaban J connectivity index is 1.75. The molecule has 0 aromatic carbocycles. The van der Waals surface area contributed by atoms with Gasteiger partial charge in [0.15, 0.2) is 11.5 Å². The summed E-state index contributed by atoms with van der Waals surface area (Å²) >= 11 is 0. The van der Waals surface area contributed by atoms with Gasteiger partial charge in [-0.3, -0.25) is 14.6 Å². The fourth-order valence-electron chi connectivity index (χ4n) is 3.60. The standard InChI is InChI=1S/C22H27N7O3/c1-5-15(21(31)29(3)4)27-16-6-13(10-24-17(16)9-23)18-11-26-19(12-25-18)28-20(30)14-7-22(2,32)8-14/h6,10-12,14-15,27,32H,5,7-8H2,1-4H3,(H,26,28,30).